The molecule has 4 fully saturated rings. The zero-order valence-corrected chi connectivity index (χ0v) is 36.0. The number of furan rings is 1. The van der Waals surface area contributed by atoms with Gasteiger partial charge < -0.3 is 29.4 Å². The molecule has 1 saturated heterocycles. The van der Waals surface area contributed by atoms with Crippen molar-refractivity contribution in [3.63, 3.8) is 0 Å². The molecular formula is C46H54N6O9S. The second kappa shape index (κ2) is 17.0. The monoisotopic (exact) mass is 866 g/mol. The van der Waals surface area contributed by atoms with Gasteiger partial charge in [0.05, 0.1) is 11.8 Å². The Balaban J connectivity index is 1.05. The largest absolute Gasteiger partial charge is 0.470 e. The molecular weight excluding hydrogens is 813 g/mol. The second-order valence-electron chi connectivity index (χ2n) is 17.9. The number of para-hydroxylation sites is 1. The average Bonchev–Trinajstić information content (AvgIpc) is 4.06. The molecule has 5 aliphatic rings. The fourth-order valence-corrected chi connectivity index (χ4v) is 10.5. The van der Waals surface area contributed by atoms with Crippen LogP contribution in [-0.2, 0) is 29.1 Å². The summed E-state index contributed by atoms with van der Waals surface area (Å²) in [5.41, 5.74) is 1.83. The summed E-state index contributed by atoms with van der Waals surface area (Å²) in [6.45, 7) is 4.18. The highest BCUT2D eigenvalue weighted by molar-refractivity contribution is 7.91. The predicted molar refractivity (Wildman–Crippen MR) is 230 cm³/mol. The third-order valence-corrected chi connectivity index (χ3v) is 14.8. The highest BCUT2D eigenvalue weighted by atomic mass is 32.2. The Morgan fingerprint density at radius 2 is 1.69 bits per heavy atom. The van der Waals surface area contributed by atoms with Crippen molar-refractivity contribution < 1.29 is 41.5 Å². The number of rotatable bonds is 9. The number of sulfonamides is 1. The quantitative estimate of drug-likeness (QED) is 0.154. The molecule has 0 unspecified atom stereocenters. The Labute approximate surface area is 360 Å². The van der Waals surface area contributed by atoms with Gasteiger partial charge in [-0.05, 0) is 87.8 Å². The summed E-state index contributed by atoms with van der Waals surface area (Å²) in [5.74, 6) is -1.49. The molecule has 5 atom stereocenters. The number of nitrogens with zero attached hydrogens (tertiary/aromatic N) is 3. The van der Waals surface area contributed by atoms with Crippen molar-refractivity contribution in [3.05, 3.63) is 66.2 Å². The van der Waals surface area contributed by atoms with Crippen molar-refractivity contribution in [2.45, 2.75) is 138 Å². The smallest absolute Gasteiger partial charge is 0.408 e. The molecule has 0 spiro atoms. The molecule has 4 heterocycles. The predicted octanol–water partition coefficient (Wildman–Crippen LogP) is 6.56. The number of allylic oxidation sites excluding steroid dienone is 1. The van der Waals surface area contributed by atoms with Crippen molar-refractivity contribution in [3.8, 4) is 17.3 Å². The molecule has 9 rings (SSSR count). The van der Waals surface area contributed by atoms with Gasteiger partial charge in [-0.25, -0.2) is 18.2 Å². The summed E-state index contributed by atoms with van der Waals surface area (Å²) < 4.78 is 46.9. The van der Waals surface area contributed by atoms with Crippen LogP contribution in [0.2, 0.25) is 0 Å². The minimum absolute atomic E-state index is 0.000461. The van der Waals surface area contributed by atoms with Gasteiger partial charge >= 0.3 is 6.09 Å². The normalized spacial score (nSPS) is 26.1. The van der Waals surface area contributed by atoms with Crippen LogP contribution in [0.4, 0.5) is 4.79 Å². The number of carbonyl (C=O) groups is 4. The molecule has 2 aromatic heterocycles. The maximum Gasteiger partial charge on any atom is 0.408 e. The van der Waals surface area contributed by atoms with E-state index in [1.54, 1.807) is 0 Å². The summed E-state index contributed by atoms with van der Waals surface area (Å²) in [4.78, 5) is 67.9. The number of fused-ring (bicyclic) bond motifs is 5. The summed E-state index contributed by atoms with van der Waals surface area (Å²) in [6, 6.07) is 13.3. The molecule has 0 bridgehead atoms. The molecule has 0 radical (unpaired) electrons. The number of nitrogens with one attached hydrogen (secondary N) is 3. The number of aromatic nitrogens is 2. The van der Waals surface area contributed by atoms with Gasteiger partial charge in [-0.1, -0.05) is 75.2 Å². The van der Waals surface area contributed by atoms with Gasteiger partial charge in [-0.15, -0.1) is 0 Å². The minimum atomic E-state index is -3.92. The first kappa shape index (κ1) is 41.8. The minimum Gasteiger partial charge on any atom is -0.470 e. The van der Waals surface area contributed by atoms with Crippen LogP contribution >= 0.6 is 0 Å². The maximum absolute atomic E-state index is 14.8. The van der Waals surface area contributed by atoms with E-state index in [1.165, 1.54) is 4.90 Å². The van der Waals surface area contributed by atoms with Gasteiger partial charge in [0.15, 0.2) is 5.82 Å². The number of hydrogen-bond donors (Lipinski definition) is 3. The van der Waals surface area contributed by atoms with E-state index in [0.29, 0.717) is 60.5 Å². The summed E-state index contributed by atoms with van der Waals surface area (Å²) in [6.07, 6.45) is 9.91. The lowest BCUT2D eigenvalue weighted by Crippen LogP contribution is -2.58. The lowest BCUT2D eigenvalue weighted by atomic mass is 10.0. The van der Waals surface area contributed by atoms with Gasteiger partial charge in [0.2, 0.25) is 27.4 Å². The first-order chi connectivity index (χ1) is 29.9. The highest BCUT2D eigenvalue weighted by Gasteiger charge is 2.62. The first-order valence-corrected chi connectivity index (χ1v) is 23.7. The van der Waals surface area contributed by atoms with E-state index >= 15 is 0 Å². The van der Waals surface area contributed by atoms with Gasteiger partial charge in [0.1, 0.15) is 40.9 Å². The van der Waals surface area contributed by atoms with Crippen LogP contribution in [0.15, 0.2) is 65.1 Å². The van der Waals surface area contributed by atoms with Crippen LogP contribution < -0.4 is 20.1 Å². The van der Waals surface area contributed by atoms with Crippen LogP contribution in [-0.4, -0.2) is 88.7 Å². The number of alkyl carbamates (subject to hydrolysis) is 1. The number of amides is 4. The molecule has 62 heavy (non-hydrogen) atoms. The topological polar surface area (TPSA) is 199 Å². The van der Waals surface area contributed by atoms with Crippen molar-refractivity contribution in [1.82, 2.24) is 30.2 Å². The molecule has 4 aromatic rings. The molecule has 3 aliphatic carbocycles. The zero-order valence-electron chi connectivity index (χ0n) is 35.1. The van der Waals surface area contributed by atoms with Crippen LogP contribution in [0.25, 0.3) is 33.5 Å². The van der Waals surface area contributed by atoms with E-state index in [-0.39, 0.29) is 31.4 Å². The van der Waals surface area contributed by atoms with Crippen molar-refractivity contribution in [2.24, 2.45) is 5.92 Å². The molecule has 4 amide bonds. The number of benzene rings is 2. The van der Waals surface area contributed by atoms with E-state index < -0.39 is 68.7 Å². The highest BCUT2D eigenvalue weighted by Crippen LogP contribution is 2.46. The van der Waals surface area contributed by atoms with Crippen LogP contribution in [0.5, 0.6) is 5.88 Å². The molecule has 2 aliphatic heterocycles. The third kappa shape index (κ3) is 8.62. The second-order valence-corrected chi connectivity index (χ2v) is 19.9. The third-order valence-electron chi connectivity index (χ3n) is 13.0. The summed E-state index contributed by atoms with van der Waals surface area (Å²) in [5, 5.41) is 5.88. The van der Waals surface area contributed by atoms with Crippen molar-refractivity contribution >= 4 is 55.9 Å². The Morgan fingerprint density at radius 1 is 0.935 bits per heavy atom. The lowest BCUT2D eigenvalue weighted by Gasteiger charge is -2.30. The fraction of sp³-hybridized carbons (Fsp3) is 0.522. The van der Waals surface area contributed by atoms with E-state index in [9.17, 15) is 27.6 Å². The Morgan fingerprint density at radius 3 is 2.45 bits per heavy atom. The summed E-state index contributed by atoms with van der Waals surface area (Å²) in [7, 11) is -3.92. The lowest BCUT2D eigenvalue weighted by molar-refractivity contribution is -0.141. The molecule has 3 saturated carbocycles. The van der Waals surface area contributed by atoms with Gasteiger partial charge in [-0.3, -0.25) is 19.1 Å². The fourth-order valence-electron chi connectivity index (χ4n) is 9.13. The number of carbonyl (C=O) groups excluding carboxylic acids is 4. The van der Waals surface area contributed by atoms with Crippen LogP contribution in [0.1, 0.15) is 109 Å². The molecule has 16 heteroatoms. The molecule has 328 valence electrons. The maximum atomic E-state index is 14.8. The van der Waals surface area contributed by atoms with E-state index in [2.05, 4.69) is 29.2 Å². The average molecular weight is 867 g/mol. The Kier molecular flexibility index (Phi) is 11.5. The summed E-state index contributed by atoms with van der Waals surface area (Å²) >= 11 is 0. The van der Waals surface area contributed by atoms with Crippen molar-refractivity contribution in [1.29, 1.82) is 0 Å². The SMILES string of the molecule is CC(C)c1ccc(-c2nc(O[C@@H]3C[C@H]4C(=O)N[C@]5(C(=O)NS(=O)(=O)C6CC6)C[C@H]5C=CCCCCC[C@H](NC(=O)OC5CCCC5)C(=O)N4C3)c3oc4ccccc4c3n2)cc1. The molecule has 15 nitrogen and oxygen atoms in total. The molecule has 3 N–H and O–H groups in total. The van der Waals surface area contributed by atoms with E-state index in [4.69, 9.17) is 23.9 Å². The Hall–Kier alpha value is -5.51. The van der Waals surface area contributed by atoms with E-state index in [0.717, 1.165) is 55.0 Å². The Bertz CT molecular complexity index is 2510. The number of hydrogen-bond acceptors (Lipinski definition) is 11. The number of ether oxygens (including phenoxy) is 2. The van der Waals surface area contributed by atoms with Gasteiger partial charge in [0, 0.05) is 23.3 Å². The first-order valence-electron chi connectivity index (χ1n) is 22.2. The van der Waals surface area contributed by atoms with Crippen molar-refractivity contribution in [2.75, 3.05) is 6.54 Å². The zero-order chi connectivity index (χ0) is 43.2. The van der Waals surface area contributed by atoms with E-state index in [1.807, 2.05) is 60.7 Å². The van der Waals surface area contributed by atoms with Gasteiger partial charge in [-0.2, -0.15) is 4.98 Å². The van der Waals surface area contributed by atoms with Crippen LogP contribution in [0.3, 0.4) is 0 Å². The van der Waals surface area contributed by atoms with Crippen LogP contribution in [0, 0.1) is 5.92 Å². The van der Waals surface area contributed by atoms with Gasteiger partial charge in [0.25, 0.3) is 11.8 Å². The molecule has 2 aromatic carbocycles. The standard InChI is InChI=1S/C46H54N6O9S/c1-27(2)28-18-20-29(21-19-28)40-48-38-34-15-10-11-17-37(34)61-39(38)42(49-40)59-32-24-36-41(53)50-46(44(55)51-62(57,58)33-22-23-33)25-30(46)12-6-4-3-5-7-16-35(43(54)52(36)26-32)47-45(56)60-31-13-8-9-14-31/h6,10-12,15,17-21,27,30-33,35-36H,3-5,7-9,13-14,16,22-26H2,1-2H3,(H,47,56)(H,50,53)(H,51,55)/t30-,32-,35+,36+,46-/m1/s1.